The quantitative estimate of drug-likeness (QED) is 0.589. The highest BCUT2D eigenvalue weighted by Gasteiger charge is 2.17. The first-order chi connectivity index (χ1) is 9.02. The molecule has 0 aromatic heterocycles. The van der Waals surface area contributed by atoms with E-state index in [0.717, 1.165) is 11.1 Å². The van der Waals surface area contributed by atoms with Gasteiger partial charge in [-0.15, -0.1) is 0 Å². The van der Waals surface area contributed by atoms with Gasteiger partial charge in [0.15, 0.2) is 0 Å². The van der Waals surface area contributed by atoms with Gasteiger partial charge in [0.1, 0.15) is 11.6 Å². The molecule has 0 radical (unpaired) electrons. The predicted octanol–water partition coefficient (Wildman–Crippen LogP) is 5.73. The minimum absolute atomic E-state index is 0.100. The van der Waals surface area contributed by atoms with Crippen molar-refractivity contribution in [3.8, 4) is 5.75 Å². The van der Waals surface area contributed by atoms with Crippen LogP contribution in [0.5, 0.6) is 5.75 Å². The Hall–Kier alpha value is -0.580. The molecular formula is C14H10Br2ClFO. The summed E-state index contributed by atoms with van der Waals surface area (Å²) in [5.74, 6) is 0.147. The van der Waals surface area contributed by atoms with E-state index in [9.17, 15) is 4.39 Å². The molecule has 2 aromatic carbocycles. The standard InChI is InChI=1S/C14H10Br2ClFO/c1-19-13-7-12(18)11(15)6-10(13)14(16)8-2-4-9(17)5-3-8/h2-7,14H,1H3. The first kappa shape index (κ1) is 14.8. The Bertz CT molecular complexity index is 587. The lowest BCUT2D eigenvalue weighted by Gasteiger charge is -2.15. The smallest absolute Gasteiger partial charge is 0.141 e. The van der Waals surface area contributed by atoms with Gasteiger partial charge in [-0.1, -0.05) is 39.7 Å². The number of alkyl halides is 1. The van der Waals surface area contributed by atoms with Gasteiger partial charge in [-0.05, 0) is 39.7 Å². The molecule has 0 fully saturated rings. The Morgan fingerprint density at radius 2 is 1.84 bits per heavy atom. The number of hydrogen-bond donors (Lipinski definition) is 0. The van der Waals surface area contributed by atoms with Gasteiger partial charge in [-0.2, -0.15) is 0 Å². The van der Waals surface area contributed by atoms with Crippen LogP contribution in [-0.2, 0) is 0 Å². The lowest BCUT2D eigenvalue weighted by Crippen LogP contribution is -1.98. The molecule has 100 valence electrons. The summed E-state index contributed by atoms with van der Waals surface area (Å²) >= 11 is 12.7. The summed E-state index contributed by atoms with van der Waals surface area (Å²) in [6.45, 7) is 0. The topological polar surface area (TPSA) is 9.23 Å². The van der Waals surface area contributed by atoms with Crippen molar-refractivity contribution in [2.75, 3.05) is 7.11 Å². The van der Waals surface area contributed by atoms with Gasteiger partial charge in [0.25, 0.3) is 0 Å². The van der Waals surface area contributed by atoms with Gasteiger partial charge >= 0.3 is 0 Å². The fourth-order valence-corrected chi connectivity index (χ4v) is 2.88. The molecule has 0 bridgehead atoms. The Kier molecular flexibility index (Phi) is 4.87. The number of rotatable bonds is 3. The lowest BCUT2D eigenvalue weighted by molar-refractivity contribution is 0.406. The van der Waals surface area contributed by atoms with E-state index in [1.54, 1.807) is 6.07 Å². The van der Waals surface area contributed by atoms with Crippen molar-refractivity contribution in [3.05, 3.63) is 62.8 Å². The molecule has 0 saturated heterocycles. The SMILES string of the molecule is COc1cc(F)c(Br)cc1C(Br)c1ccc(Cl)cc1. The molecule has 2 rings (SSSR count). The predicted molar refractivity (Wildman–Crippen MR) is 82.9 cm³/mol. The summed E-state index contributed by atoms with van der Waals surface area (Å²) in [4.78, 5) is -0.100. The van der Waals surface area contributed by atoms with Crippen molar-refractivity contribution in [3.63, 3.8) is 0 Å². The van der Waals surface area contributed by atoms with Crippen molar-refractivity contribution < 1.29 is 9.13 Å². The van der Waals surface area contributed by atoms with Crippen molar-refractivity contribution in [2.24, 2.45) is 0 Å². The van der Waals surface area contributed by atoms with Gasteiger partial charge in [0, 0.05) is 16.7 Å². The van der Waals surface area contributed by atoms with E-state index in [1.165, 1.54) is 13.2 Å². The second kappa shape index (κ2) is 6.25. The summed E-state index contributed by atoms with van der Waals surface area (Å²) < 4.78 is 19.1. The van der Waals surface area contributed by atoms with E-state index in [-0.39, 0.29) is 10.6 Å². The maximum Gasteiger partial charge on any atom is 0.141 e. The Morgan fingerprint density at radius 3 is 2.42 bits per heavy atom. The zero-order valence-corrected chi connectivity index (χ0v) is 13.9. The molecule has 0 spiro atoms. The largest absolute Gasteiger partial charge is 0.496 e. The van der Waals surface area contributed by atoms with Gasteiger partial charge in [0.05, 0.1) is 16.4 Å². The average Bonchev–Trinajstić information content (AvgIpc) is 2.41. The summed E-state index contributed by atoms with van der Waals surface area (Å²) in [5.41, 5.74) is 1.86. The van der Waals surface area contributed by atoms with Crippen LogP contribution < -0.4 is 4.74 Å². The second-order valence-corrected chi connectivity index (χ2v) is 6.13. The third-order valence-electron chi connectivity index (χ3n) is 2.71. The molecule has 0 heterocycles. The fraction of sp³-hybridized carbons (Fsp3) is 0.143. The van der Waals surface area contributed by atoms with Crippen molar-refractivity contribution in [2.45, 2.75) is 4.83 Å². The van der Waals surface area contributed by atoms with E-state index in [4.69, 9.17) is 16.3 Å². The van der Waals surface area contributed by atoms with Crippen molar-refractivity contribution >= 4 is 43.5 Å². The molecule has 1 atom stereocenters. The fourth-order valence-electron chi connectivity index (χ4n) is 1.73. The molecule has 1 nitrogen and oxygen atoms in total. The van der Waals surface area contributed by atoms with E-state index in [2.05, 4.69) is 31.9 Å². The van der Waals surface area contributed by atoms with Crippen LogP contribution in [0.3, 0.4) is 0 Å². The van der Waals surface area contributed by atoms with Crippen LogP contribution >= 0.6 is 43.5 Å². The average molecular weight is 408 g/mol. The maximum absolute atomic E-state index is 13.5. The molecule has 19 heavy (non-hydrogen) atoms. The van der Waals surface area contributed by atoms with Gasteiger partial charge in [-0.3, -0.25) is 0 Å². The van der Waals surface area contributed by atoms with E-state index < -0.39 is 0 Å². The van der Waals surface area contributed by atoms with Crippen LogP contribution in [0.15, 0.2) is 40.9 Å². The van der Waals surface area contributed by atoms with Crippen LogP contribution in [0.1, 0.15) is 16.0 Å². The molecule has 0 aliphatic carbocycles. The minimum atomic E-state index is -0.351. The first-order valence-corrected chi connectivity index (χ1v) is 7.54. The van der Waals surface area contributed by atoms with Crippen molar-refractivity contribution in [1.29, 1.82) is 0 Å². The third kappa shape index (κ3) is 3.30. The van der Waals surface area contributed by atoms with Crippen LogP contribution in [0.25, 0.3) is 0 Å². The summed E-state index contributed by atoms with van der Waals surface area (Å²) in [6.07, 6.45) is 0. The van der Waals surface area contributed by atoms with Gasteiger partial charge in [-0.25, -0.2) is 4.39 Å². The Labute approximate surface area is 133 Å². The van der Waals surface area contributed by atoms with E-state index in [0.29, 0.717) is 15.2 Å². The summed E-state index contributed by atoms with van der Waals surface area (Å²) in [5, 5.41) is 0.677. The normalized spacial score (nSPS) is 12.3. The highest BCUT2D eigenvalue weighted by molar-refractivity contribution is 9.10. The number of benzene rings is 2. The van der Waals surface area contributed by atoms with Gasteiger partial charge < -0.3 is 4.74 Å². The van der Waals surface area contributed by atoms with Crippen LogP contribution in [0.4, 0.5) is 4.39 Å². The molecular weight excluding hydrogens is 398 g/mol. The van der Waals surface area contributed by atoms with Crippen LogP contribution in [-0.4, -0.2) is 7.11 Å². The second-order valence-electron chi connectivity index (χ2n) is 3.92. The lowest BCUT2D eigenvalue weighted by atomic mass is 10.0. The first-order valence-electron chi connectivity index (χ1n) is 5.45. The molecule has 5 heteroatoms. The summed E-state index contributed by atoms with van der Waals surface area (Å²) in [7, 11) is 1.52. The van der Waals surface area contributed by atoms with Gasteiger partial charge in [0.2, 0.25) is 0 Å². The molecule has 0 aliphatic heterocycles. The number of methoxy groups -OCH3 is 1. The monoisotopic (exact) mass is 406 g/mol. The van der Waals surface area contributed by atoms with Crippen molar-refractivity contribution in [1.82, 2.24) is 0 Å². The molecule has 1 unspecified atom stereocenters. The molecule has 0 aliphatic rings. The maximum atomic E-state index is 13.5. The number of halogens is 4. The molecule has 0 amide bonds. The third-order valence-corrected chi connectivity index (χ3v) is 4.59. The van der Waals surface area contributed by atoms with E-state index in [1.807, 2.05) is 24.3 Å². The van der Waals surface area contributed by atoms with Crippen LogP contribution in [0, 0.1) is 5.82 Å². The highest BCUT2D eigenvalue weighted by atomic mass is 79.9. The zero-order chi connectivity index (χ0) is 14.0. The minimum Gasteiger partial charge on any atom is -0.496 e. The zero-order valence-electron chi connectivity index (χ0n) is 9.96. The van der Waals surface area contributed by atoms with E-state index >= 15 is 0 Å². The molecule has 0 saturated carbocycles. The molecule has 0 N–H and O–H groups in total. The Balaban J connectivity index is 2.45. The molecule has 2 aromatic rings. The highest BCUT2D eigenvalue weighted by Crippen LogP contribution is 2.39. The summed E-state index contributed by atoms with van der Waals surface area (Å²) in [6, 6.07) is 10.5. The Morgan fingerprint density at radius 1 is 1.21 bits per heavy atom. The number of ether oxygens (including phenoxy) is 1. The number of hydrogen-bond acceptors (Lipinski definition) is 1. The van der Waals surface area contributed by atoms with Crippen LogP contribution in [0.2, 0.25) is 5.02 Å².